The predicted octanol–water partition coefficient (Wildman–Crippen LogP) is 2.84. The average Bonchev–Trinajstić information content (AvgIpc) is 2.85. The molecule has 2 aromatic heterocycles. The first-order valence-electron chi connectivity index (χ1n) is 5.70. The van der Waals surface area contributed by atoms with E-state index in [9.17, 15) is 8.42 Å². The standard InChI is InChI=1S/C12H13ClN2O2S2/c1-2-9-3-4-10(18-9)7-15-19(16,17)11-5-6-12(13)14-8-11/h3-6,8,15H,2,7H2,1H3. The summed E-state index contributed by atoms with van der Waals surface area (Å²) in [6.07, 6.45) is 2.20. The Hall–Kier alpha value is -0.950. The summed E-state index contributed by atoms with van der Waals surface area (Å²) in [5.41, 5.74) is 0. The molecule has 0 aliphatic heterocycles. The summed E-state index contributed by atoms with van der Waals surface area (Å²) >= 11 is 7.24. The summed E-state index contributed by atoms with van der Waals surface area (Å²) in [4.78, 5) is 6.11. The molecule has 0 amide bonds. The number of aromatic nitrogens is 1. The van der Waals surface area contributed by atoms with Crippen molar-refractivity contribution in [1.82, 2.24) is 9.71 Å². The summed E-state index contributed by atoms with van der Waals surface area (Å²) in [5.74, 6) is 0. The van der Waals surface area contributed by atoms with E-state index in [1.807, 2.05) is 12.1 Å². The molecule has 0 fully saturated rings. The van der Waals surface area contributed by atoms with Crippen molar-refractivity contribution >= 4 is 33.0 Å². The van der Waals surface area contributed by atoms with Crippen LogP contribution in [-0.4, -0.2) is 13.4 Å². The van der Waals surface area contributed by atoms with Crippen molar-refractivity contribution in [3.8, 4) is 0 Å². The predicted molar refractivity (Wildman–Crippen MR) is 77.0 cm³/mol. The maximum atomic E-state index is 12.0. The molecule has 0 aliphatic carbocycles. The fourth-order valence-corrected chi connectivity index (χ4v) is 3.53. The van der Waals surface area contributed by atoms with Gasteiger partial charge in [-0.3, -0.25) is 0 Å². The van der Waals surface area contributed by atoms with Crippen LogP contribution in [0.4, 0.5) is 0 Å². The number of sulfonamides is 1. The van der Waals surface area contributed by atoms with Crippen molar-refractivity contribution in [1.29, 1.82) is 0 Å². The van der Waals surface area contributed by atoms with Crippen LogP contribution in [0.1, 0.15) is 16.7 Å². The molecular weight excluding hydrogens is 304 g/mol. The van der Waals surface area contributed by atoms with Crippen molar-refractivity contribution in [3.05, 3.63) is 45.4 Å². The van der Waals surface area contributed by atoms with Crippen LogP contribution in [0.3, 0.4) is 0 Å². The molecule has 19 heavy (non-hydrogen) atoms. The van der Waals surface area contributed by atoms with Crippen LogP contribution >= 0.6 is 22.9 Å². The number of pyridine rings is 1. The molecule has 0 aliphatic rings. The molecule has 2 aromatic rings. The maximum Gasteiger partial charge on any atom is 0.242 e. The number of thiophene rings is 1. The topological polar surface area (TPSA) is 59.1 Å². The van der Waals surface area contributed by atoms with Gasteiger partial charge in [-0.25, -0.2) is 18.1 Å². The van der Waals surface area contributed by atoms with Gasteiger partial charge in [-0.15, -0.1) is 11.3 Å². The fourth-order valence-electron chi connectivity index (χ4n) is 1.48. The number of nitrogens with one attached hydrogen (secondary N) is 1. The Kier molecular flexibility index (Phi) is 4.57. The molecule has 7 heteroatoms. The molecule has 4 nitrogen and oxygen atoms in total. The zero-order valence-electron chi connectivity index (χ0n) is 10.3. The van der Waals surface area contributed by atoms with Crippen LogP contribution in [0.25, 0.3) is 0 Å². The van der Waals surface area contributed by atoms with E-state index in [1.165, 1.54) is 23.2 Å². The highest BCUT2D eigenvalue weighted by atomic mass is 35.5. The number of nitrogens with zero attached hydrogens (tertiary/aromatic N) is 1. The van der Waals surface area contributed by atoms with Crippen molar-refractivity contribution < 1.29 is 8.42 Å². The molecule has 1 N–H and O–H groups in total. The second kappa shape index (κ2) is 6.00. The largest absolute Gasteiger partial charge is 0.243 e. The van der Waals surface area contributed by atoms with Gasteiger partial charge in [0, 0.05) is 22.5 Å². The Balaban J connectivity index is 2.07. The maximum absolute atomic E-state index is 12.0. The van der Waals surface area contributed by atoms with Crippen molar-refractivity contribution in [2.45, 2.75) is 24.8 Å². The summed E-state index contributed by atoms with van der Waals surface area (Å²) in [6.45, 7) is 2.36. The Morgan fingerprint density at radius 1 is 1.26 bits per heavy atom. The highest BCUT2D eigenvalue weighted by Gasteiger charge is 2.14. The van der Waals surface area contributed by atoms with Gasteiger partial charge in [-0.2, -0.15) is 0 Å². The lowest BCUT2D eigenvalue weighted by Gasteiger charge is -2.05. The van der Waals surface area contributed by atoms with E-state index in [0.29, 0.717) is 0 Å². The SMILES string of the molecule is CCc1ccc(CNS(=O)(=O)c2ccc(Cl)nc2)s1. The molecule has 0 bridgehead atoms. The summed E-state index contributed by atoms with van der Waals surface area (Å²) in [5, 5.41) is 0.268. The molecule has 2 rings (SSSR count). The summed E-state index contributed by atoms with van der Waals surface area (Å²) < 4.78 is 26.6. The third-order valence-electron chi connectivity index (χ3n) is 2.51. The van der Waals surface area contributed by atoms with E-state index in [4.69, 9.17) is 11.6 Å². The van der Waals surface area contributed by atoms with Gasteiger partial charge < -0.3 is 0 Å². The van der Waals surface area contributed by atoms with Crippen LogP contribution in [0, 0.1) is 0 Å². The van der Waals surface area contributed by atoms with Gasteiger partial charge in [0.05, 0.1) is 0 Å². The first-order valence-corrected chi connectivity index (χ1v) is 8.38. The number of aryl methyl sites for hydroxylation is 1. The zero-order valence-corrected chi connectivity index (χ0v) is 12.6. The minimum absolute atomic E-state index is 0.115. The Bertz CT molecular complexity index is 651. The number of hydrogen-bond donors (Lipinski definition) is 1. The molecule has 0 radical (unpaired) electrons. The minimum atomic E-state index is -3.54. The van der Waals surface area contributed by atoms with E-state index < -0.39 is 10.0 Å². The third kappa shape index (κ3) is 3.76. The van der Waals surface area contributed by atoms with E-state index in [0.717, 1.165) is 11.3 Å². The summed E-state index contributed by atoms with van der Waals surface area (Å²) in [7, 11) is -3.54. The van der Waals surface area contributed by atoms with Gasteiger partial charge in [-0.1, -0.05) is 18.5 Å². The van der Waals surface area contributed by atoms with Gasteiger partial charge >= 0.3 is 0 Å². The Morgan fingerprint density at radius 3 is 2.58 bits per heavy atom. The smallest absolute Gasteiger partial charge is 0.242 e. The van der Waals surface area contributed by atoms with Gasteiger partial charge in [0.1, 0.15) is 10.0 Å². The van der Waals surface area contributed by atoms with Crippen LogP contribution < -0.4 is 4.72 Å². The molecule has 0 spiro atoms. The normalized spacial score (nSPS) is 11.7. The van der Waals surface area contributed by atoms with Crippen LogP contribution in [-0.2, 0) is 23.0 Å². The first kappa shape index (κ1) is 14.5. The van der Waals surface area contributed by atoms with Gasteiger partial charge in [0.15, 0.2) is 0 Å². The van der Waals surface area contributed by atoms with Crippen LogP contribution in [0.5, 0.6) is 0 Å². The van der Waals surface area contributed by atoms with E-state index >= 15 is 0 Å². The Labute approximate surface area is 121 Å². The average molecular weight is 317 g/mol. The molecule has 0 aromatic carbocycles. The number of rotatable bonds is 5. The van der Waals surface area contributed by atoms with Crippen molar-refractivity contribution in [3.63, 3.8) is 0 Å². The lowest BCUT2D eigenvalue weighted by molar-refractivity contribution is 0.581. The summed E-state index contributed by atoms with van der Waals surface area (Å²) in [6, 6.07) is 6.84. The van der Waals surface area contributed by atoms with Crippen LogP contribution in [0.15, 0.2) is 35.4 Å². The lowest BCUT2D eigenvalue weighted by Crippen LogP contribution is -2.22. The highest BCUT2D eigenvalue weighted by Crippen LogP contribution is 2.18. The fraction of sp³-hybridized carbons (Fsp3) is 0.250. The molecule has 0 saturated heterocycles. The highest BCUT2D eigenvalue weighted by molar-refractivity contribution is 7.89. The molecule has 0 saturated carbocycles. The monoisotopic (exact) mass is 316 g/mol. The minimum Gasteiger partial charge on any atom is -0.243 e. The molecule has 0 atom stereocenters. The van der Waals surface area contributed by atoms with Crippen molar-refractivity contribution in [2.24, 2.45) is 0 Å². The third-order valence-corrected chi connectivity index (χ3v) is 5.35. The van der Waals surface area contributed by atoms with Gasteiger partial charge in [-0.05, 0) is 30.7 Å². The molecular formula is C12H13ClN2O2S2. The van der Waals surface area contributed by atoms with Crippen molar-refractivity contribution in [2.75, 3.05) is 0 Å². The number of hydrogen-bond acceptors (Lipinski definition) is 4. The van der Waals surface area contributed by atoms with Crippen LogP contribution in [0.2, 0.25) is 5.15 Å². The zero-order chi connectivity index (χ0) is 13.9. The quantitative estimate of drug-likeness (QED) is 0.863. The second-order valence-corrected chi connectivity index (χ2v) is 7.27. The van der Waals surface area contributed by atoms with E-state index in [-0.39, 0.29) is 16.6 Å². The lowest BCUT2D eigenvalue weighted by atomic mass is 10.4. The molecule has 102 valence electrons. The van der Waals surface area contributed by atoms with Gasteiger partial charge in [0.2, 0.25) is 10.0 Å². The van der Waals surface area contributed by atoms with E-state index in [1.54, 1.807) is 11.3 Å². The molecule has 0 unspecified atom stereocenters. The van der Waals surface area contributed by atoms with E-state index in [2.05, 4.69) is 16.6 Å². The second-order valence-electron chi connectivity index (χ2n) is 3.86. The van der Waals surface area contributed by atoms with Gasteiger partial charge in [0.25, 0.3) is 0 Å². The first-order chi connectivity index (χ1) is 9.01. The molecule has 2 heterocycles. The number of halogens is 1. The Morgan fingerprint density at radius 2 is 2.00 bits per heavy atom.